The number of hydrogen-bond donors (Lipinski definition) is 1. The number of nitrogens with zero attached hydrogens (tertiary/aromatic N) is 1. The Morgan fingerprint density at radius 2 is 1.74 bits per heavy atom. The minimum atomic E-state index is -4.43. The Morgan fingerprint density at radius 3 is 2.21 bits per heavy atom. The summed E-state index contributed by atoms with van der Waals surface area (Å²) < 4.78 is 76.9. The Morgan fingerprint density at radius 1 is 1.21 bits per heavy atom. The third-order valence-electron chi connectivity index (χ3n) is 6.00. The summed E-state index contributed by atoms with van der Waals surface area (Å²) in [5.41, 5.74) is 2.48. The zero-order valence-corrected chi connectivity index (χ0v) is 20.1. The number of hydrogen-bond acceptors (Lipinski definition) is 4. The van der Waals surface area contributed by atoms with Crippen LogP contribution in [0.15, 0.2) is 60.1 Å². The molecule has 0 amide bonds. The van der Waals surface area contributed by atoms with Crippen LogP contribution in [0.1, 0.15) is 56.7 Å². The molecule has 1 aliphatic carbocycles. The van der Waals surface area contributed by atoms with Crippen LogP contribution in [0.3, 0.4) is 0 Å². The number of carboxylic acids is 1. The van der Waals surface area contributed by atoms with Gasteiger partial charge in [0.15, 0.2) is 9.84 Å². The van der Waals surface area contributed by atoms with Crippen molar-refractivity contribution in [1.82, 2.24) is 4.90 Å². The number of allylic oxidation sites excluding steroid dienone is 1. The van der Waals surface area contributed by atoms with E-state index < -0.39 is 44.9 Å². The van der Waals surface area contributed by atoms with Crippen LogP contribution in [0, 0.1) is 0 Å². The molecule has 1 heterocycles. The molecule has 10 heteroatoms. The molecule has 0 radical (unpaired) electrons. The Hall–Kier alpha value is -2.62. The molecule has 34 heavy (non-hydrogen) atoms. The molecule has 0 aromatic heterocycles. The Bertz CT molecular complexity index is 1070. The van der Waals surface area contributed by atoms with Crippen molar-refractivity contribution in [1.29, 1.82) is 0 Å². The van der Waals surface area contributed by atoms with Crippen LogP contribution in [0.4, 0.5) is 17.6 Å². The Balaban J connectivity index is 0.000000945. The lowest BCUT2D eigenvalue weighted by molar-refractivity contribution is -0.137. The molecule has 2 unspecified atom stereocenters. The van der Waals surface area contributed by atoms with E-state index in [-0.39, 0.29) is 6.33 Å². The van der Waals surface area contributed by atoms with E-state index in [1.54, 1.807) is 0 Å². The van der Waals surface area contributed by atoms with Crippen molar-refractivity contribution < 1.29 is 35.9 Å². The highest BCUT2D eigenvalue weighted by Crippen LogP contribution is 2.47. The molecular weight excluding hydrogens is 474 g/mol. The summed E-state index contributed by atoms with van der Waals surface area (Å²) in [6.07, 6.45) is 1.25. The van der Waals surface area contributed by atoms with E-state index in [0.717, 1.165) is 68.3 Å². The lowest BCUT2D eigenvalue weighted by atomic mass is 9.92. The molecule has 0 bridgehead atoms. The Kier molecular flexibility index (Phi) is 8.74. The number of carbonyl (C=O) groups is 1. The van der Waals surface area contributed by atoms with Gasteiger partial charge in [0.1, 0.15) is 5.25 Å². The van der Waals surface area contributed by atoms with Gasteiger partial charge in [0.25, 0.3) is 5.97 Å². The summed E-state index contributed by atoms with van der Waals surface area (Å²) in [7, 11) is -3.67. The largest absolute Gasteiger partial charge is 0.481 e. The van der Waals surface area contributed by atoms with Crippen LogP contribution in [0.5, 0.6) is 0 Å². The number of halogens is 4. The van der Waals surface area contributed by atoms with Crippen LogP contribution >= 0.6 is 0 Å². The third-order valence-corrected chi connectivity index (χ3v) is 7.40. The van der Waals surface area contributed by atoms with Gasteiger partial charge in [-0.1, -0.05) is 18.7 Å². The van der Waals surface area contributed by atoms with Crippen molar-refractivity contribution in [2.75, 3.05) is 6.26 Å². The highest BCUT2D eigenvalue weighted by molar-refractivity contribution is 7.91. The number of carboxylic acid groups (broad SMARTS) is 1. The minimum Gasteiger partial charge on any atom is -0.481 e. The first-order valence-corrected chi connectivity index (χ1v) is 12.7. The van der Waals surface area contributed by atoms with Gasteiger partial charge in [0.05, 0.1) is 24.0 Å². The van der Waals surface area contributed by atoms with E-state index in [0.29, 0.717) is 11.1 Å². The standard InChI is InChI=1S/C22H25F4NO2S.C2H4O2/c1-14-18-6-4-5-7-19(18)27(21(14)20(12-13-23)30(3,28)29)15(2)16-8-10-17(11-9-16)22(24,25)26;1-2(3)4/h8-13,15,20-21H,1,4-7H2,2-3H3;1H3,(H,3,4)/b13-12+;/t15-,20?,21?;/m0./s1. The first-order valence-electron chi connectivity index (χ1n) is 10.7. The maximum atomic E-state index is 13.1. The topological polar surface area (TPSA) is 74.7 Å². The lowest BCUT2D eigenvalue weighted by Crippen LogP contribution is -2.44. The summed E-state index contributed by atoms with van der Waals surface area (Å²) in [5.74, 6) is -0.833. The molecule has 0 spiro atoms. The fraction of sp³-hybridized carbons (Fsp3) is 0.458. The van der Waals surface area contributed by atoms with Gasteiger partial charge in [-0.2, -0.15) is 13.2 Å². The molecule has 188 valence electrons. The maximum Gasteiger partial charge on any atom is 0.416 e. The van der Waals surface area contributed by atoms with Crippen molar-refractivity contribution >= 4 is 15.8 Å². The second kappa shape index (κ2) is 10.8. The highest BCUT2D eigenvalue weighted by Gasteiger charge is 2.45. The van der Waals surface area contributed by atoms with E-state index in [1.165, 1.54) is 12.1 Å². The smallest absolute Gasteiger partial charge is 0.416 e. The van der Waals surface area contributed by atoms with Crippen LogP contribution < -0.4 is 0 Å². The zero-order valence-electron chi connectivity index (χ0n) is 19.3. The predicted octanol–water partition coefficient (Wildman–Crippen LogP) is 5.82. The van der Waals surface area contributed by atoms with Gasteiger partial charge in [-0.25, -0.2) is 12.8 Å². The highest BCUT2D eigenvalue weighted by atomic mass is 32.2. The monoisotopic (exact) mass is 503 g/mol. The van der Waals surface area contributed by atoms with Crippen molar-refractivity contribution in [2.45, 2.75) is 63.0 Å². The summed E-state index contributed by atoms with van der Waals surface area (Å²) >= 11 is 0. The van der Waals surface area contributed by atoms with E-state index in [2.05, 4.69) is 6.58 Å². The molecule has 0 fully saturated rings. The van der Waals surface area contributed by atoms with Crippen LogP contribution in [0.2, 0.25) is 0 Å². The predicted molar refractivity (Wildman–Crippen MR) is 122 cm³/mol. The molecule has 2 aliphatic rings. The molecule has 3 atom stereocenters. The van der Waals surface area contributed by atoms with Gasteiger partial charge in [0.2, 0.25) is 0 Å². The fourth-order valence-electron chi connectivity index (χ4n) is 4.53. The van der Waals surface area contributed by atoms with E-state index in [4.69, 9.17) is 9.90 Å². The molecule has 1 aromatic carbocycles. The fourth-order valence-corrected chi connectivity index (χ4v) is 5.64. The van der Waals surface area contributed by atoms with Crippen molar-refractivity contribution in [3.63, 3.8) is 0 Å². The third kappa shape index (κ3) is 6.28. The summed E-state index contributed by atoms with van der Waals surface area (Å²) in [5, 5.41) is 6.28. The number of benzene rings is 1. The summed E-state index contributed by atoms with van der Waals surface area (Å²) in [6.45, 7) is 7.05. The van der Waals surface area contributed by atoms with Gasteiger partial charge >= 0.3 is 6.18 Å². The molecule has 1 aromatic rings. The number of sulfone groups is 1. The van der Waals surface area contributed by atoms with E-state index >= 15 is 0 Å². The quantitative estimate of drug-likeness (QED) is 0.513. The summed E-state index contributed by atoms with van der Waals surface area (Å²) in [4.78, 5) is 10.9. The van der Waals surface area contributed by atoms with Crippen LogP contribution in [-0.4, -0.2) is 41.9 Å². The normalized spacial score (nSPS) is 20.6. The van der Waals surface area contributed by atoms with Gasteiger partial charge in [0, 0.05) is 18.9 Å². The van der Waals surface area contributed by atoms with Crippen molar-refractivity contribution in [3.05, 3.63) is 71.2 Å². The van der Waals surface area contributed by atoms with Crippen LogP contribution in [0.25, 0.3) is 0 Å². The molecule has 3 rings (SSSR count). The van der Waals surface area contributed by atoms with Gasteiger partial charge in [-0.15, -0.1) is 0 Å². The van der Waals surface area contributed by atoms with Gasteiger partial charge < -0.3 is 10.0 Å². The number of alkyl halides is 3. The van der Waals surface area contributed by atoms with Crippen LogP contribution in [-0.2, 0) is 20.8 Å². The van der Waals surface area contributed by atoms with Gasteiger partial charge in [-0.3, -0.25) is 4.79 Å². The Labute approximate surface area is 197 Å². The average Bonchev–Trinajstić information content (AvgIpc) is 3.02. The number of rotatable bonds is 5. The maximum absolute atomic E-state index is 13.1. The van der Waals surface area contributed by atoms with E-state index in [1.807, 2.05) is 11.8 Å². The second-order valence-electron chi connectivity index (χ2n) is 8.44. The first kappa shape index (κ1) is 27.6. The first-order chi connectivity index (χ1) is 15.7. The molecule has 1 N–H and O–H groups in total. The minimum absolute atomic E-state index is 0.233. The average molecular weight is 504 g/mol. The summed E-state index contributed by atoms with van der Waals surface area (Å²) in [6, 6.07) is 3.77. The molecule has 1 aliphatic heterocycles. The van der Waals surface area contributed by atoms with Crippen molar-refractivity contribution in [3.8, 4) is 0 Å². The molecular formula is C24H29F4NO4S. The van der Waals surface area contributed by atoms with Crippen molar-refractivity contribution in [2.24, 2.45) is 0 Å². The molecule has 0 saturated carbocycles. The lowest BCUT2D eigenvalue weighted by Gasteiger charge is -2.39. The zero-order chi connectivity index (χ0) is 25.8. The SMILES string of the molecule is C=C1C2=C(CCCC2)N([C@@H](C)c2ccc(C(F)(F)F)cc2)C1C(/C=C/F)S(C)(=O)=O.CC(=O)O. The number of aliphatic carboxylic acids is 1. The van der Waals surface area contributed by atoms with Gasteiger partial charge in [-0.05, 0) is 67.5 Å². The molecule has 0 saturated heterocycles. The molecule has 5 nitrogen and oxygen atoms in total. The second-order valence-corrected chi connectivity index (χ2v) is 10.6. The van der Waals surface area contributed by atoms with E-state index in [9.17, 15) is 26.0 Å².